The average Bonchev–Trinajstić information content (AvgIpc) is 2.42. The van der Waals surface area contributed by atoms with Crippen LogP contribution in [-0.2, 0) is 6.54 Å². The molecule has 0 fully saturated rings. The third-order valence-corrected chi connectivity index (χ3v) is 3.84. The summed E-state index contributed by atoms with van der Waals surface area (Å²) >= 11 is 1.25. The van der Waals surface area contributed by atoms with Crippen molar-refractivity contribution in [2.24, 2.45) is 0 Å². The summed E-state index contributed by atoms with van der Waals surface area (Å²) in [6.45, 7) is 1.90. The lowest BCUT2D eigenvalue weighted by Crippen LogP contribution is -2.35. The molecule has 2 aromatic rings. The Balaban J connectivity index is 2.23. The fourth-order valence-electron chi connectivity index (χ4n) is 1.70. The highest BCUT2D eigenvalue weighted by atomic mass is 32.2. The van der Waals surface area contributed by atoms with Crippen molar-refractivity contribution >= 4 is 11.8 Å². The van der Waals surface area contributed by atoms with Gasteiger partial charge in [0.05, 0.1) is 17.7 Å². The molecule has 0 aliphatic heterocycles. The van der Waals surface area contributed by atoms with E-state index in [1.54, 1.807) is 6.92 Å². The molecular formula is C14H16N2O3S. The van der Waals surface area contributed by atoms with E-state index in [1.807, 2.05) is 30.3 Å². The summed E-state index contributed by atoms with van der Waals surface area (Å²) in [5.41, 5.74) is 0.115. The molecule has 2 N–H and O–H groups in total. The summed E-state index contributed by atoms with van der Waals surface area (Å²) in [7, 11) is 0. The average molecular weight is 292 g/mol. The lowest BCUT2D eigenvalue weighted by atomic mass is 10.2. The Hall–Kier alpha value is -1.79. The third kappa shape index (κ3) is 3.85. The van der Waals surface area contributed by atoms with Gasteiger partial charge in [0.25, 0.3) is 5.56 Å². The van der Waals surface area contributed by atoms with Crippen LogP contribution in [0.15, 0.2) is 51.0 Å². The molecule has 1 heterocycles. The number of nitrogens with one attached hydrogen (secondary N) is 1. The van der Waals surface area contributed by atoms with Crippen LogP contribution in [0.4, 0.5) is 0 Å². The highest BCUT2D eigenvalue weighted by molar-refractivity contribution is 7.99. The molecular weight excluding hydrogens is 276 g/mol. The van der Waals surface area contributed by atoms with Crippen LogP contribution in [0.3, 0.4) is 0 Å². The van der Waals surface area contributed by atoms with Gasteiger partial charge in [-0.1, -0.05) is 30.3 Å². The van der Waals surface area contributed by atoms with E-state index in [2.05, 4.69) is 4.98 Å². The fraction of sp³-hybridized carbons (Fsp3) is 0.286. The van der Waals surface area contributed by atoms with Gasteiger partial charge in [-0.2, -0.15) is 0 Å². The molecule has 0 aliphatic rings. The SMILES string of the molecule is C[C@H](O)CSc1cc(=O)n(Cc2ccccc2)c(=O)[nH]1. The summed E-state index contributed by atoms with van der Waals surface area (Å²) < 4.78 is 1.15. The predicted molar refractivity (Wildman–Crippen MR) is 79.3 cm³/mol. The van der Waals surface area contributed by atoms with Crippen molar-refractivity contribution in [2.45, 2.75) is 24.6 Å². The van der Waals surface area contributed by atoms with Crippen LogP contribution >= 0.6 is 11.8 Å². The zero-order valence-corrected chi connectivity index (χ0v) is 11.9. The summed E-state index contributed by atoms with van der Waals surface area (Å²) in [5, 5.41) is 9.68. The first kappa shape index (κ1) is 14.6. The number of aromatic nitrogens is 2. The molecule has 0 saturated heterocycles. The minimum atomic E-state index is -0.491. The molecule has 0 saturated carbocycles. The smallest absolute Gasteiger partial charge is 0.329 e. The fourth-order valence-corrected chi connectivity index (χ4v) is 2.47. The molecule has 2 rings (SSSR count). The van der Waals surface area contributed by atoms with E-state index in [0.717, 1.165) is 10.1 Å². The molecule has 1 aromatic heterocycles. The lowest BCUT2D eigenvalue weighted by Gasteiger charge is -2.07. The standard InChI is InChI=1S/C14H16N2O3S/c1-10(17)9-20-12-7-13(18)16(14(19)15-12)8-11-5-3-2-4-6-11/h2-7,10,17H,8-9H2,1H3,(H,15,19)/t10-/m0/s1. The number of aliphatic hydroxyl groups excluding tert-OH is 1. The number of nitrogens with zero attached hydrogens (tertiary/aromatic N) is 1. The number of rotatable bonds is 5. The second-order valence-corrected chi connectivity index (χ2v) is 5.57. The topological polar surface area (TPSA) is 75.1 Å². The van der Waals surface area contributed by atoms with Gasteiger partial charge in [-0.3, -0.25) is 9.36 Å². The van der Waals surface area contributed by atoms with Gasteiger partial charge in [0, 0.05) is 11.8 Å². The minimum absolute atomic E-state index is 0.246. The van der Waals surface area contributed by atoms with Crippen molar-refractivity contribution in [3.05, 3.63) is 62.8 Å². The van der Waals surface area contributed by atoms with Gasteiger partial charge >= 0.3 is 5.69 Å². The summed E-state index contributed by atoms with van der Waals surface area (Å²) in [6.07, 6.45) is -0.491. The number of hydrogen-bond acceptors (Lipinski definition) is 4. The number of hydrogen-bond donors (Lipinski definition) is 2. The molecule has 0 radical (unpaired) electrons. The van der Waals surface area contributed by atoms with E-state index < -0.39 is 11.8 Å². The van der Waals surface area contributed by atoms with Crippen LogP contribution in [0, 0.1) is 0 Å². The van der Waals surface area contributed by atoms with E-state index in [1.165, 1.54) is 17.8 Å². The van der Waals surface area contributed by atoms with Gasteiger partial charge in [0.1, 0.15) is 0 Å². The zero-order valence-electron chi connectivity index (χ0n) is 11.1. The Labute approximate surface area is 120 Å². The quantitative estimate of drug-likeness (QED) is 0.638. The van der Waals surface area contributed by atoms with Crippen LogP contribution in [0.5, 0.6) is 0 Å². The maximum atomic E-state index is 12.0. The molecule has 20 heavy (non-hydrogen) atoms. The largest absolute Gasteiger partial charge is 0.393 e. The Morgan fingerprint density at radius 1 is 1.30 bits per heavy atom. The summed E-state index contributed by atoms with van der Waals surface area (Å²) in [4.78, 5) is 26.6. The van der Waals surface area contributed by atoms with Crippen LogP contribution in [0.2, 0.25) is 0 Å². The molecule has 0 aliphatic carbocycles. The molecule has 106 valence electrons. The monoisotopic (exact) mass is 292 g/mol. The third-order valence-electron chi connectivity index (χ3n) is 2.66. The van der Waals surface area contributed by atoms with Crippen molar-refractivity contribution in [1.82, 2.24) is 9.55 Å². The maximum Gasteiger partial charge on any atom is 0.329 e. The number of aliphatic hydroxyl groups is 1. The molecule has 0 unspecified atom stereocenters. The van der Waals surface area contributed by atoms with Crippen LogP contribution in [0.1, 0.15) is 12.5 Å². The van der Waals surface area contributed by atoms with Gasteiger partial charge in [0.2, 0.25) is 0 Å². The number of benzene rings is 1. The molecule has 6 heteroatoms. The second kappa shape index (κ2) is 6.58. The van der Waals surface area contributed by atoms with Crippen LogP contribution in [0.25, 0.3) is 0 Å². The number of H-pyrrole nitrogens is 1. The maximum absolute atomic E-state index is 12.0. The normalized spacial score (nSPS) is 12.3. The van der Waals surface area contributed by atoms with E-state index >= 15 is 0 Å². The zero-order chi connectivity index (χ0) is 14.5. The Morgan fingerprint density at radius 2 is 2.00 bits per heavy atom. The Morgan fingerprint density at radius 3 is 2.60 bits per heavy atom. The van der Waals surface area contributed by atoms with Gasteiger partial charge in [-0.25, -0.2) is 4.79 Å². The molecule has 1 atom stereocenters. The van der Waals surface area contributed by atoms with E-state index in [9.17, 15) is 14.7 Å². The van der Waals surface area contributed by atoms with Crippen molar-refractivity contribution in [3.63, 3.8) is 0 Å². The highest BCUT2D eigenvalue weighted by Gasteiger charge is 2.06. The predicted octanol–water partition coefficient (Wildman–Crippen LogP) is 1.06. The van der Waals surface area contributed by atoms with E-state index in [-0.39, 0.29) is 12.1 Å². The van der Waals surface area contributed by atoms with Gasteiger partial charge < -0.3 is 10.1 Å². The van der Waals surface area contributed by atoms with Gasteiger partial charge in [0.15, 0.2) is 0 Å². The number of aromatic amines is 1. The highest BCUT2D eigenvalue weighted by Crippen LogP contribution is 2.12. The van der Waals surface area contributed by atoms with Crippen molar-refractivity contribution in [3.8, 4) is 0 Å². The van der Waals surface area contributed by atoms with Crippen molar-refractivity contribution < 1.29 is 5.11 Å². The molecule has 0 spiro atoms. The molecule has 1 aromatic carbocycles. The van der Waals surface area contributed by atoms with Gasteiger partial charge in [-0.05, 0) is 12.5 Å². The first-order chi connectivity index (χ1) is 9.56. The molecule has 0 bridgehead atoms. The van der Waals surface area contributed by atoms with Crippen LogP contribution in [-0.4, -0.2) is 26.5 Å². The first-order valence-electron chi connectivity index (χ1n) is 6.25. The molecule has 5 nitrogen and oxygen atoms in total. The van der Waals surface area contributed by atoms with Crippen molar-refractivity contribution in [2.75, 3.05) is 5.75 Å². The summed E-state index contributed by atoms with van der Waals surface area (Å²) in [6, 6.07) is 10.7. The van der Waals surface area contributed by atoms with E-state index in [4.69, 9.17) is 0 Å². The summed E-state index contributed by atoms with van der Waals surface area (Å²) in [5.74, 6) is 0.429. The second-order valence-electron chi connectivity index (χ2n) is 4.51. The first-order valence-corrected chi connectivity index (χ1v) is 7.24. The number of thioether (sulfide) groups is 1. The lowest BCUT2D eigenvalue weighted by molar-refractivity contribution is 0.220. The Bertz CT molecular complexity index is 646. The Kier molecular flexibility index (Phi) is 4.81. The molecule has 0 amide bonds. The van der Waals surface area contributed by atoms with Crippen molar-refractivity contribution in [1.29, 1.82) is 0 Å². The van der Waals surface area contributed by atoms with E-state index in [0.29, 0.717) is 10.8 Å². The van der Waals surface area contributed by atoms with Gasteiger partial charge in [-0.15, -0.1) is 11.8 Å². The minimum Gasteiger partial charge on any atom is -0.393 e. The van der Waals surface area contributed by atoms with Crippen LogP contribution < -0.4 is 11.2 Å².